The molecule has 1 aromatic carbocycles. The molecule has 0 aliphatic carbocycles. The van der Waals surface area contributed by atoms with Gasteiger partial charge in [0.25, 0.3) is 0 Å². The molecule has 0 aromatic heterocycles. The minimum Gasteiger partial charge on any atom is -0.370 e. The van der Waals surface area contributed by atoms with Crippen molar-refractivity contribution in [1.82, 2.24) is 9.62 Å². The van der Waals surface area contributed by atoms with E-state index in [1.165, 1.54) is 4.31 Å². The van der Waals surface area contributed by atoms with E-state index in [0.717, 1.165) is 31.9 Å². The van der Waals surface area contributed by atoms with E-state index in [9.17, 15) is 8.42 Å². The molecule has 20 heavy (non-hydrogen) atoms. The fourth-order valence-electron chi connectivity index (χ4n) is 3.19. The fourth-order valence-corrected chi connectivity index (χ4v) is 4.29. The maximum absolute atomic E-state index is 12.4. The minimum atomic E-state index is -3.39. The van der Waals surface area contributed by atoms with E-state index < -0.39 is 10.0 Å². The third-order valence-corrected chi connectivity index (χ3v) is 6.22. The molecule has 2 heterocycles. The van der Waals surface area contributed by atoms with Crippen molar-refractivity contribution < 1.29 is 8.42 Å². The summed E-state index contributed by atoms with van der Waals surface area (Å²) in [6.45, 7) is 3.97. The van der Waals surface area contributed by atoms with Crippen molar-refractivity contribution in [3.8, 4) is 0 Å². The number of para-hydroxylation sites is 1. The topological polar surface area (TPSA) is 52.7 Å². The molecule has 2 unspecified atom stereocenters. The van der Waals surface area contributed by atoms with E-state index in [-0.39, 0.29) is 0 Å². The van der Waals surface area contributed by atoms with E-state index in [1.807, 2.05) is 12.1 Å². The molecule has 0 amide bonds. The van der Waals surface area contributed by atoms with Crippen molar-refractivity contribution in [2.24, 2.45) is 11.8 Å². The van der Waals surface area contributed by atoms with Gasteiger partial charge in [0.05, 0.1) is 5.69 Å². The summed E-state index contributed by atoms with van der Waals surface area (Å²) in [6, 6.07) is 7.33. The minimum absolute atomic E-state index is 0.415. The van der Waals surface area contributed by atoms with E-state index in [2.05, 4.69) is 10.2 Å². The molecule has 2 aliphatic heterocycles. The summed E-state index contributed by atoms with van der Waals surface area (Å²) in [6.07, 6.45) is 0. The predicted molar refractivity (Wildman–Crippen MR) is 79.4 cm³/mol. The summed E-state index contributed by atoms with van der Waals surface area (Å²) >= 11 is 0. The molecule has 3 rings (SSSR count). The van der Waals surface area contributed by atoms with Crippen molar-refractivity contribution in [2.75, 3.05) is 45.2 Å². The molecule has 0 saturated carbocycles. The van der Waals surface area contributed by atoms with E-state index in [1.54, 1.807) is 26.2 Å². The lowest BCUT2D eigenvalue weighted by Gasteiger charge is -2.24. The monoisotopic (exact) mass is 295 g/mol. The van der Waals surface area contributed by atoms with Gasteiger partial charge in [0.15, 0.2) is 0 Å². The number of anilines is 1. The standard InChI is InChI=1S/C14H21N3O2S/c1-16(2)20(18,19)14-6-4-3-5-13(14)17-9-11-7-15-8-12(11)10-17/h3-6,11-12,15H,7-10H2,1-2H3. The molecule has 2 atom stereocenters. The van der Waals surface area contributed by atoms with Crippen LogP contribution in [0.15, 0.2) is 29.2 Å². The van der Waals surface area contributed by atoms with Crippen LogP contribution in [0.25, 0.3) is 0 Å². The van der Waals surface area contributed by atoms with Crippen molar-refractivity contribution in [3.05, 3.63) is 24.3 Å². The Balaban J connectivity index is 1.95. The van der Waals surface area contributed by atoms with Gasteiger partial charge < -0.3 is 10.2 Å². The molecule has 1 N–H and O–H groups in total. The summed E-state index contributed by atoms with van der Waals surface area (Å²) in [5.41, 5.74) is 0.843. The Labute approximate surface area is 120 Å². The summed E-state index contributed by atoms with van der Waals surface area (Å²) in [5.74, 6) is 1.29. The van der Waals surface area contributed by atoms with Crippen LogP contribution in [0, 0.1) is 11.8 Å². The Morgan fingerprint density at radius 2 is 1.75 bits per heavy atom. The van der Waals surface area contributed by atoms with Crippen LogP contribution in [0.4, 0.5) is 5.69 Å². The highest BCUT2D eigenvalue weighted by molar-refractivity contribution is 7.89. The lowest BCUT2D eigenvalue weighted by atomic mass is 10.0. The third kappa shape index (κ3) is 2.21. The summed E-state index contributed by atoms with van der Waals surface area (Å²) in [7, 11) is -0.236. The zero-order valence-electron chi connectivity index (χ0n) is 11.9. The molecule has 0 bridgehead atoms. The van der Waals surface area contributed by atoms with Crippen molar-refractivity contribution in [1.29, 1.82) is 0 Å². The third-order valence-electron chi connectivity index (χ3n) is 4.35. The zero-order valence-corrected chi connectivity index (χ0v) is 12.7. The molecule has 2 aliphatic rings. The van der Waals surface area contributed by atoms with Gasteiger partial charge in [-0.2, -0.15) is 0 Å². The molecule has 6 heteroatoms. The second-order valence-corrected chi connectivity index (χ2v) is 7.96. The fraction of sp³-hybridized carbons (Fsp3) is 0.571. The van der Waals surface area contributed by atoms with E-state index in [4.69, 9.17) is 0 Å². The van der Waals surface area contributed by atoms with Gasteiger partial charge in [-0.1, -0.05) is 12.1 Å². The maximum Gasteiger partial charge on any atom is 0.244 e. The van der Waals surface area contributed by atoms with Crippen LogP contribution < -0.4 is 10.2 Å². The number of rotatable bonds is 3. The first-order chi connectivity index (χ1) is 9.50. The van der Waals surface area contributed by atoms with Crippen molar-refractivity contribution in [2.45, 2.75) is 4.90 Å². The first-order valence-electron chi connectivity index (χ1n) is 6.97. The number of nitrogens with zero attached hydrogens (tertiary/aromatic N) is 2. The van der Waals surface area contributed by atoms with Gasteiger partial charge in [0.2, 0.25) is 10.0 Å². The van der Waals surface area contributed by atoms with E-state index in [0.29, 0.717) is 16.7 Å². The Kier molecular flexibility index (Phi) is 3.48. The molecule has 5 nitrogen and oxygen atoms in total. The Morgan fingerprint density at radius 1 is 1.15 bits per heavy atom. The Bertz CT molecular complexity index is 588. The second-order valence-electron chi connectivity index (χ2n) is 5.84. The molecule has 110 valence electrons. The Hall–Kier alpha value is -1.11. The predicted octanol–water partition coefficient (Wildman–Crippen LogP) is 0.593. The van der Waals surface area contributed by atoms with Crippen LogP contribution in [0.2, 0.25) is 0 Å². The van der Waals surface area contributed by atoms with Crippen LogP contribution >= 0.6 is 0 Å². The molecular weight excluding hydrogens is 274 g/mol. The number of hydrogen-bond donors (Lipinski definition) is 1. The normalized spacial score (nSPS) is 26.2. The van der Waals surface area contributed by atoms with Crippen LogP contribution in [-0.2, 0) is 10.0 Å². The molecule has 0 radical (unpaired) electrons. The van der Waals surface area contributed by atoms with E-state index >= 15 is 0 Å². The SMILES string of the molecule is CN(C)S(=O)(=O)c1ccccc1N1CC2CNCC2C1. The van der Waals surface area contributed by atoms with Gasteiger partial charge in [-0.05, 0) is 24.0 Å². The maximum atomic E-state index is 12.4. The lowest BCUT2D eigenvalue weighted by molar-refractivity contribution is 0.520. The van der Waals surface area contributed by atoms with Crippen molar-refractivity contribution >= 4 is 15.7 Å². The largest absolute Gasteiger partial charge is 0.370 e. The highest BCUT2D eigenvalue weighted by atomic mass is 32.2. The average Bonchev–Trinajstić information content (AvgIpc) is 2.99. The molecule has 0 spiro atoms. The van der Waals surface area contributed by atoms with Gasteiger partial charge >= 0.3 is 0 Å². The molecule has 1 aromatic rings. The number of fused-ring (bicyclic) bond motifs is 1. The second kappa shape index (κ2) is 5.02. The smallest absolute Gasteiger partial charge is 0.244 e. The number of benzene rings is 1. The van der Waals surface area contributed by atoms with Gasteiger partial charge in [-0.25, -0.2) is 12.7 Å². The number of sulfonamides is 1. The van der Waals surface area contributed by atoms with Gasteiger partial charge in [0, 0.05) is 40.3 Å². The molecule has 2 saturated heterocycles. The van der Waals surface area contributed by atoms with Crippen LogP contribution in [0.3, 0.4) is 0 Å². The van der Waals surface area contributed by atoms with Gasteiger partial charge in [-0.3, -0.25) is 0 Å². The summed E-state index contributed by atoms with van der Waals surface area (Å²) in [5, 5.41) is 3.41. The van der Waals surface area contributed by atoms with Gasteiger partial charge in [0.1, 0.15) is 4.90 Å². The highest BCUT2D eigenvalue weighted by Crippen LogP contribution is 2.34. The molecule has 2 fully saturated rings. The number of hydrogen-bond acceptors (Lipinski definition) is 4. The summed E-state index contributed by atoms with van der Waals surface area (Å²) < 4.78 is 26.2. The zero-order chi connectivity index (χ0) is 14.3. The first kappa shape index (κ1) is 13.9. The molecular formula is C14H21N3O2S. The lowest BCUT2D eigenvalue weighted by Crippen LogP contribution is -2.29. The van der Waals surface area contributed by atoms with Crippen molar-refractivity contribution in [3.63, 3.8) is 0 Å². The van der Waals surface area contributed by atoms with Crippen LogP contribution in [-0.4, -0.2) is 53.0 Å². The quantitative estimate of drug-likeness (QED) is 0.887. The number of nitrogens with one attached hydrogen (secondary N) is 1. The first-order valence-corrected chi connectivity index (χ1v) is 8.41. The van der Waals surface area contributed by atoms with Crippen LogP contribution in [0.5, 0.6) is 0 Å². The van der Waals surface area contributed by atoms with Crippen LogP contribution in [0.1, 0.15) is 0 Å². The Morgan fingerprint density at radius 3 is 2.35 bits per heavy atom. The highest BCUT2D eigenvalue weighted by Gasteiger charge is 2.37. The average molecular weight is 295 g/mol. The van der Waals surface area contributed by atoms with Gasteiger partial charge in [-0.15, -0.1) is 0 Å². The summed E-state index contributed by atoms with van der Waals surface area (Å²) in [4.78, 5) is 2.64.